The third kappa shape index (κ3) is 4.38. The number of methoxy groups -OCH3 is 2. The van der Waals surface area contributed by atoms with Gasteiger partial charge in [-0.15, -0.1) is 11.3 Å². The lowest BCUT2D eigenvalue weighted by atomic mass is 9.83. The zero-order chi connectivity index (χ0) is 26.0. The normalized spacial score (nSPS) is 15.5. The summed E-state index contributed by atoms with van der Waals surface area (Å²) in [5.74, 6) is -1.48. The summed E-state index contributed by atoms with van der Waals surface area (Å²) in [6.45, 7) is 1.73. The molecule has 2 aromatic carbocycles. The van der Waals surface area contributed by atoms with Crippen LogP contribution in [0, 0.1) is 0 Å². The molecule has 0 unspecified atom stereocenters. The Morgan fingerprint density at radius 3 is 2.36 bits per heavy atom. The van der Waals surface area contributed by atoms with Crippen LogP contribution in [0.25, 0.3) is 17.5 Å². The van der Waals surface area contributed by atoms with E-state index in [0.29, 0.717) is 27.2 Å². The Bertz CT molecular complexity index is 1570. The van der Waals surface area contributed by atoms with Crippen molar-refractivity contribution >= 4 is 40.7 Å². The van der Waals surface area contributed by atoms with Gasteiger partial charge in [0.05, 0.1) is 42.4 Å². The highest BCUT2D eigenvalue weighted by Crippen LogP contribution is 2.38. The molecule has 10 heteroatoms. The number of benzene rings is 2. The Morgan fingerprint density at radius 2 is 1.72 bits per heavy atom. The predicted molar refractivity (Wildman–Crippen MR) is 137 cm³/mol. The summed E-state index contributed by atoms with van der Waals surface area (Å²) in [7, 11) is 3.06. The summed E-state index contributed by atoms with van der Waals surface area (Å²) >= 11 is 1.06. The highest BCUT2D eigenvalue weighted by molar-refractivity contribution is 7.07. The molecule has 0 fully saturated rings. The van der Waals surface area contributed by atoms with Crippen molar-refractivity contribution in [1.82, 2.24) is 4.57 Å². The molecular weight excluding hydrogens is 482 g/mol. The summed E-state index contributed by atoms with van der Waals surface area (Å²) in [4.78, 5) is 39.4. The highest BCUT2D eigenvalue weighted by atomic mass is 32.1. The zero-order valence-corrected chi connectivity index (χ0v) is 20.8. The number of primary amides is 1. The maximum Gasteiger partial charge on any atom is 0.338 e. The van der Waals surface area contributed by atoms with Gasteiger partial charge >= 0.3 is 5.97 Å². The Morgan fingerprint density at radius 1 is 1.06 bits per heavy atom. The topological polar surface area (TPSA) is 136 Å². The van der Waals surface area contributed by atoms with Crippen LogP contribution in [-0.2, 0) is 14.3 Å². The molecule has 1 aromatic heterocycles. The van der Waals surface area contributed by atoms with E-state index >= 15 is 0 Å². The van der Waals surface area contributed by atoms with Crippen molar-refractivity contribution < 1.29 is 23.8 Å². The standard InChI is InChI=1S/C26H25N3O6S/c1-4-35-26(32)20-19(15-8-6-10-17(13-15)34-3)21(23(28)30)25-29(22(20)27)24(31)18(36-25)12-14-7-5-9-16(11-14)33-2/h5-13,19H,4,27H2,1-3H3,(H2,28,30)/b18-12-/t19-/m1/s1. The lowest BCUT2D eigenvalue weighted by Crippen LogP contribution is -2.42. The quantitative estimate of drug-likeness (QED) is 0.453. The van der Waals surface area contributed by atoms with E-state index < -0.39 is 23.4 Å². The van der Waals surface area contributed by atoms with Crippen LogP contribution in [0.4, 0.5) is 0 Å². The summed E-state index contributed by atoms with van der Waals surface area (Å²) in [6.07, 6.45) is 1.66. The second-order valence-electron chi connectivity index (χ2n) is 7.84. The highest BCUT2D eigenvalue weighted by Gasteiger charge is 2.38. The molecular formula is C26H25N3O6S. The average Bonchev–Trinajstić information content (AvgIpc) is 3.19. The third-order valence-corrected chi connectivity index (χ3v) is 6.84. The van der Waals surface area contributed by atoms with Gasteiger partial charge in [0.1, 0.15) is 22.0 Å². The number of esters is 1. The van der Waals surface area contributed by atoms with Crippen LogP contribution in [0.2, 0.25) is 0 Å². The smallest absolute Gasteiger partial charge is 0.338 e. The van der Waals surface area contributed by atoms with E-state index in [9.17, 15) is 14.4 Å². The van der Waals surface area contributed by atoms with Crippen molar-refractivity contribution in [1.29, 1.82) is 0 Å². The van der Waals surface area contributed by atoms with Gasteiger partial charge in [-0.3, -0.25) is 14.2 Å². The first-order chi connectivity index (χ1) is 17.3. The molecule has 0 bridgehead atoms. The van der Waals surface area contributed by atoms with Crippen molar-refractivity contribution in [2.75, 3.05) is 20.8 Å². The fourth-order valence-corrected chi connectivity index (χ4v) is 5.32. The van der Waals surface area contributed by atoms with Gasteiger partial charge in [-0.2, -0.15) is 0 Å². The van der Waals surface area contributed by atoms with Crippen molar-refractivity contribution in [2.24, 2.45) is 11.5 Å². The lowest BCUT2D eigenvalue weighted by molar-refractivity contribution is -0.138. The molecule has 36 heavy (non-hydrogen) atoms. The van der Waals surface area contributed by atoms with Gasteiger partial charge in [-0.05, 0) is 48.4 Å². The molecule has 4 N–H and O–H groups in total. The molecule has 1 aliphatic rings. The van der Waals surface area contributed by atoms with E-state index in [1.165, 1.54) is 7.11 Å². The fourth-order valence-electron chi connectivity index (χ4n) is 4.13. The molecule has 0 aliphatic carbocycles. The van der Waals surface area contributed by atoms with E-state index in [1.54, 1.807) is 62.6 Å². The van der Waals surface area contributed by atoms with Crippen LogP contribution in [0.5, 0.6) is 11.5 Å². The van der Waals surface area contributed by atoms with Crippen molar-refractivity contribution in [2.45, 2.75) is 12.8 Å². The monoisotopic (exact) mass is 507 g/mol. The Labute approximate surface area is 210 Å². The maximum atomic E-state index is 13.5. The molecule has 1 aliphatic heterocycles. The van der Waals surface area contributed by atoms with E-state index in [-0.39, 0.29) is 28.2 Å². The molecule has 1 amide bonds. The number of hydrogen-bond acceptors (Lipinski definition) is 8. The summed E-state index contributed by atoms with van der Waals surface area (Å²) in [5, 5.41) is 0. The van der Waals surface area contributed by atoms with Crippen molar-refractivity contribution in [3.05, 3.63) is 84.8 Å². The average molecular weight is 508 g/mol. The van der Waals surface area contributed by atoms with E-state index in [1.807, 2.05) is 6.07 Å². The molecule has 0 spiro atoms. The van der Waals surface area contributed by atoms with Gasteiger partial charge in [0.15, 0.2) is 0 Å². The summed E-state index contributed by atoms with van der Waals surface area (Å²) in [6, 6.07) is 14.0. The van der Waals surface area contributed by atoms with E-state index in [2.05, 4.69) is 0 Å². The number of carbonyl (C=O) groups is 2. The molecule has 0 radical (unpaired) electrons. The van der Waals surface area contributed by atoms with Gasteiger partial charge in [-0.1, -0.05) is 24.3 Å². The third-order valence-electron chi connectivity index (χ3n) is 5.73. The first-order valence-corrected chi connectivity index (χ1v) is 11.8. The molecule has 0 saturated heterocycles. The first-order valence-electron chi connectivity index (χ1n) is 11.0. The number of nitrogens with two attached hydrogens (primary N) is 2. The van der Waals surface area contributed by atoms with Crippen LogP contribution in [0.15, 0.2) is 58.9 Å². The largest absolute Gasteiger partial charge is 0.497 e. The molecule has 2 heterocycles. The Hall–Kier alpha value is -4.31. The number of carbonyl (C=O) groups excluding carboxylic acids is 2. The molecule has 0 saturated carbocycles. The van der Waals surface area contributed by atoms with Crippen LogP contribution in [-0.4, -0.2) is 37.3 Å². The molecule has 4 rings (SSSR count). The van der Waals surface area contributed by atoms with Gasteiger partial charge in [0, 0.05) is 0 Å². The van der Waals surface area contributed by atoms with Crippen LogP contribution in [0.3, 0.4) is 0 Å². The van der Waals surface area contributed by atoms with Crippen LogP contribution < -0.4 is 35.7 Å². The minimum atomic E-state index is -0.959. The number of aromatic nitrogens is 1. The molecule has 9 nitrogen and oxygen atoms in total. The zero-order valence-electron chi connectivity index (χ0n) is 19.9. The second-order valence-corrected chi connectivity index (χ2v) is 8.87. The van der Waals surface area contributed by atoms with E-state index in [0.717, 1.165) is 15.9 Å². The number of amides is 1. The van der Waals surface area contributed by atoms with Gasteiger partial charge < -0.3 is 25.7 Å². The minimum Gasteiger partial charge on any atom is -0.497 e. The van der Waals surface area contributed by atoms with Crippen LogP contribution in [0.1, 0.15) is 24.0 Å². The predicted octanol–water partition coefficient (Wildman–Crippen LogP) is 0.880. The van der Waals surface area contributed by atoms with Crippen molar-refractivity contribution in [3.8, 4) is 11.5 Å². The van der Waals surface area contributed by atoms with Gasteiger partial charge in [0.2, 0.25) is 5.91 Å². The lowest BCUT2D eigenvalue weighted by Gasteiger charge is -2.26. The van der Waals surface area contributed by atoms with Gasteiger partial charge in [-0.25, -0.2) is 4.79 Å². The number of rotatable bonds is 7. The molecule has 1 atom stereocenters. The van der Waals surface area contributed by atoms with Gasteiger partial charge in [0.25, 0.3) is 5.56 Å². The Kier molecular flexibility index (Phi) is 6.98. The number of fused-ring (bicyclic) bond motifs is 1. The van der Waals surface area contributed by atoms with Crippen LogP contribution >= 0.6 is 11.3 Å². The maximum absolute atomic E-state index is 13.5. The van der Waals surface area contributed by atoms with Crippen molar-refractivity contribution in [3.63, 3.8) is 0 Å². The fraction of sp³-hybridized carbons (Fsp3) is 0.192. The number of ether oxygens (including phenoxy) is 3. The molecule has 3 aromatic rings. The molecule has 186 valence electrons. The first kappa shape index (κ1) is 24.8. The van der Waals surface area contributed by atoms with E-state index in [4.69, 9.17) is 25.7 Å². The summed E-state index contributed by atoms with van der Waals surface area (Å²) in [5.41, 5.74) is 13.1. The SMILES string of the molecule is CCOC(=O)C1=C(N)n2c(s/c(=C\c3cccc(OC)c3)c2=O)=C(C(N)=O)[C@@H]1c1cccc(OC)c1. The Balaban J connectivity index is 2.08. The minimum absolute atomic E-state index is 0.0424. The number of thiazole rings is 1. The summed E-state index contributed by atoms with van der Waals surface area (Å²) < 4.78 is 17.6. The second kappa shape index (κ2) is 10.1. The number of hydrogen-bond donors (Lipinski definition) is 2. The number of nitrogens with zero attached hydrogens (tertiary/aromatic N) is 1.